The van der Waals surface area contributed by atoms with Gasteiger partial charge in [-0.3, -0.25) is 0 Å². The van der Waals surface area contributed by atoms with Gasteiger partial charge in [0.1, 0.15) is 0 Å². The first kappa shape index (κ1) is 10.6. The molecule has 1 rings (SSSR count). The maximum absolute atomic E-state index is 5.28. The van der Waals surface area contributed by atoms with Gasteiger partial charge >= 0.3 is 0 Å². The second-order valence-corrected chi connectivity index (χ2v) is 5.86. The maximum atomic E-state index is 5.28. The monoisotopic (exact) mass is 204 g/mol. The molecule has 0 amide bonds. The molecule has 0 atom stereocenters. The smallest absolute Gasteiger partial charge is 0.0552 e. The zero-order valence-corrected chi connectivity index (χ0v) is 11.1. The Morgan fingerprint density at radius 2 is 2.25 bits per heavy atom. The van der Waals surface area contributed by atoms with Crippen LogP contribution in [0.25, 0.3) is 0 Å². The second kappa shape index (κ2) is 5.30. The molecule has 0 saturated carbocycles. The van der Waals surface area contributed by atoms with Gasteiger partial charge in [-0.15, -0.1) is 0 Å². The van der Waals surface area contributed by atoms with Crippen molar-refractivity contribution in [2.75, 3.05) is 24.7 Å². The first-order chi connectivity index (χ1) is 5.83. The molecule has 3 heteroatoms. The van der Waals surface area contributed by atoms with Crippen LogP contribution in [0, 0.1) is 5.41 Å². The summed E-state index contributed by atoms with van der Waals surface area (Å²) in [7, 11) is 1.37. The van der Waals surface area contributed by atoms with Crippen LogP contribution in [0.4, 0.5) is 0 Å². The fourth-order valence-electron chi connectivity index (χ4n) is 1.32. The predicted octanol–water partition coefficient (Wildman–Crippen LogP) is 1.32. The lowest BCUT2D eigenvalue weighted by molar-refractivity contribution is -0.0994. The third kappa shape index (κ3) is 2.78. The van der Waals surface area contributed by atoms with E-state index in [1.807, 2.05) is 0 Å². The zero-order chi connectivity index (χ0) is 8.86. The Hall–Kier alpha value is 0.527. The Labute approximate surface area is 83.1 Å². The molecule has 0 unspecified atom stereocenters. The Morgan fingerprint density at radius 3 is 2.67 bits per heavy atom. The Morgan fingerprint density at radius 1 is 1.50 bits per heavy atom. The molecule has 0 aromatic rings. The zero-order valence-electron chi connectivity index (χ0n) is 8.27. The fourth-order valence-corrected chi connectivity index (χ4v) is 3.62. The largest absolute Gasteiger partial charge is 0.380 e. The molecular formula is C9H20OSSi. The Bertz CT molecular complexity index is 120. The molecular weight excluding hydrogens is 184 g/mol. The van der Waals surface area contributed by atoms with Crippen molar-refractivity contribution >= 4 is 22.0 Å². The predicted molar refractivity (Wildman–Crippen MR) is 60.2 cm³/mol. The number of thioether (sulfide) groups is 1. The van der Waals surface area contributed by atoms with Gasteiger partial charge in [-0.1, -0.05) is 13.0 Å². The molecule has 1 fully saturated rings. The van der Waals surface area contributed by atoms with Crippen molar-refractivity contribution in [3.8, 4) is 0 Å². The molecule has 1 aliphatic rings. The van der Waals surface area contributed by atoms with Gasteiger partial charge in [-0.2, -0.15) is 11.8 Å². The van der Waals surface area contributed by atoms with Crippen LogP contribution in [0.2, 0.25) is 6.04 Å². The van der Waals surface area contributed by atoms with Crippen LogP contribution in [0.5, 0.6) is 0 Å². The van der Waals surface area contributed by atoms with Gasteiger partial charge in [0, 0.05) is 21.4 Å². The average Bonchev–Trinajstić information content (AvgIpc) is 2.02. The third-order valence-corrected chi connectivity index (χ3v) is 4.72. The van der Waals surface area contributed by atoms with Gasteiger partial charge in [-0.25, -0.2) is 0 Å². The molecule has 0 aromatic carbocycles. The van der Waals surface area contributed by atoms with E-state index in [-0.39, 0.29) is 0 Å². The Kier molecular flexibility index (Phi) is 4.68. The van der Waals surface area contributed by atoms with E-state index >= 15 is 0 Å². The first-order valence-corrected chi connectivity index (χ1v) is 7.55. The van der Waals surface area contributed by atoms with Gasteiger partial charge in [0.15, 0.2) is 0 Å². The number of hydrogen-bond acceptors (Lipinski definition) is 2. The summed E-state index contributed by atoms with van der Waals surface area (Å²) in [5, 5.41) is 0. The molecule has 1 aliphatic heterocycles. The van der Waals surface area contributed by atoms with Crippen LogP contribution in [0.1, 0.15) is 19.8 Å². The first-order valence-electron chi connectivity index (χ1n) is 4.98. The summed E-state index contributed by atoms with van der Waals surface area (Å²) in [6.45, 7) is 4.31. The van der Waals surface area contributed by atoms with Crippen molar-refractivity contribution in [3.05, 3.63) is 0 Å². The van der Waals surface area contributed by atoms with Crippen molar-refractivity contribution < 1.29 is 4.74 Å². The van der Waals surface area contributed by atoms with E-state index < -0.39 is 0 Å². The summed E-state index contributed by atoms with van der Waals surface area (Å²) in [6, 6.07) is 1.46. The van der Waals surface area contributed by atoms with E-state index in [9.17, 15) is 0 Å². The van der Waals surface area contributed by atoms with Crippen LogP contribution in [-0.2, 0) is 4.74 Å². The van der Waals surface area contributed by atoms with Crippen LogP contribution < -0.4 is 0 Å². The van der Waals surface area contributed by atoms with Crippen LogP contribution in [0.15, 0.2) is 0 Å². The molecule has 0 aliphatic carbocycles. The van der Waals surface area contributed by atoms with Crippen LogP contribution in [-0.4, -0.2) is 35.0 Å². The Balaban J connectivity index is 2.04. The highest BCUT2D eigenvalue weighted by molar-refractivity contribution is 7.99. The molecule has 0 N–H and O–H groups in total. The van der Waals surface area contributed by atoms with Gasteiger partial charge in [0.25, 0.3) is 0 Å². The quantitative estimate of drug-likeness (QED) is 0.477. The fraction of sp³-hybridized carbons (Fsp3) is 1.00. The number of rotatable bonds is 6. The number of ether oxygens (including phenoxy) is 1. The van der Waals surface area contributed by atoms with Crippen molar-refractivity contribution in [1.29, 1.82) is 0 Å². The molecule has 1 heterocycles. The minimum Gasteiger partial charge on any atom is -0.380 e. The van der Waals surface area contributed by atoms with Crippen LogP contribution >= 0.6 is 11.8 Å². The lowest BCUT2D eigenvalue weighted by Gasteiger charge is -2.40. The minimum atomic E-state index is 0.565. The molecule has 0 spiro atoms. The topological polar surface area (TPSA) is 9.23 Å². The summed E-state index contributed by atoms with van der Waals surface area (Å²) >= 11 is 2.13. The minimum absolute atomic E-state index is 0.565. The highest BCUT2D eigenvalue weighted by atomic mass is 32.2. The van der Waals surface area contributed by atoms with Crippen molar-refractivity contribution in [2.45, 2.75) is 25.8 Å². The van der Waals surface area contributed by atoms with E-state index in [1.165, 1.54) is 40.6 Å². The second-order valence-electron chi connectivity index (χ2n) is 3.75. The summed E-state index contributed by atoms with van der Waals surface area (Å²) in [4.78, 5) is 0. The molecule has 0 bridgehead atoms. The number of hydrogen-bond donors (Lipinski definition) is 0. The lowest BCUT2D eigenvalue weighted by atomic mass is 9.86. The average molecular weight is 204 g/mol. The van der Waals surface area contributed by atoms with Gasteiger partial charge in [0.2, 0.25) is 0 Å². The van der Waals surface area contributed by atoms with Crippen molar-refractivity contribution in [3.63, 3.8) is 0 Å². The normalized spacial score (nSPS) is 20.8. The van der Waals surface area contributed by atoms with E-state index in [0.29, 0.717) is 5.41 Å². The summed E-state index contributed by atoms with van der Waals surface area (Å²) in [5.41, 5.74) is 0.565. The maximum Gasteiger partial charge on any atom is 0.0552 e. The van der Waals surface area contributed by atoms with E-state index in [1.54, 1.807) is 0 Å². The van der Waals surface area contributed by atoms with Gasteiger partial charge in [0.05, 0.1) is 13.2 Å². The summed E-state index contributed by atoms with van der Waals surface area (Å²) in [6.07, 6.45) is 2.72. The molecule has 72 valence electrons. The molecule has 1 nitrogen and oxygen atoms in total. The summed E-state index contributed by atoms with van der Waals surface area (Å²) in [5.74, 6) is 2.69. The van der Waals surface area contributed by atoms with Crippen molar-refractivity contribution in [2.24, 2.45) is 5.41 Å². The summed E-state index contributed by atoms with van der Waals surface area (Å²) < 4.78 is 5.28. The van der Waals surface area contributed by atoms with E-state index in [4.69, 9.17) is 4.74 Å². The van der Waals surface area contributed by atoms with E-state index in [0.717, 1.165) is 13.2 Å². The van der Waals surface area contributed by atoms with E-state index in [2.05, 4.69) is 18.7 Å². The van der Waals surface area contributed by atoms with Crippen molar-refractivity contribution in [1.82, 2.24) is 0 Å². The lowest BCUT2D eigenvalue weighted by Crippen LogP contribution is -2.44. The molecule has 0 radical (unpaired) electrons. The molecule has 12 heavy (non-hydrogen) atoms. The highest BCUT2D eigenvalue weighted by Gasteiger charge is 2.36. The standard InChI is InChI=1S/C9H20OSSi/c1-2-9(6-10-7-9)8-11-4-3-5-12/h2-8H2,1,12H3. The SMILES string of the molecule is CCC1(CSCCC[SiH3])COC1. The highest BCUT2D eigenvalue weighted by Crippen LogP contribution is 2.34. The molecule has 1 saturated heterocycles. The molecule has 0 aromatic heterocycles. The third-order valence-electron chi connectivity index (χ3n) is 2.62. The van der Waals surface area contributed by atoms with Gasteiger partial charge < -0.3 is 4.74 Å². The van der Waals surface area contributed by atoms with Gasteiger partial charge in [-0.05, 0) is 18.6 Å². The van der Waals surface area contributed by atoms with Crippen LogP contribution in [0.3, 0.4) is 0 Å².